The molecule has 0 bridgehead atoms. The van der Waals surface area contributed by atoms with E-state index in [4.69, 9.17) is 5.26 Å². The Balaban J connectivity index is 2.13. The maximum absolute atomic E-state index is 10.3. The van der Waals surface area contributed by atoms with E-state index < -0.39 is 6.10 Å². The van der Waals surface area contributed by atoms with Crippen LogP contribution in [0.15, 0.2) is 24.3 Å². The summed E-state index contributed by atoms with van der Waals surface area (Å²) >= 11 is 0. The van der Waals surface area contributed by atoms with Gasteiger partial charge in [0.2, 0.25) is 0 Å². The Morgan fingerprint density at radius 2 is 2.00 bits per heavy atom. The minimum atomic E-state index is -0.395. The summed E-state index contributed by atoms with van der Waals surface area (Å²) in [5.41, 5.74) is 1.53. The summed E-state index contributed by atoms with van der Waals surface area (Å²) in [6, 6.07) is 9.46. The predicted octanol–water partition coefficient (Wildman–Crippen LogP) is 3.17. The number of hydrogen-bond donors (Lipinski definition) is 1. The van der Waals surface area contributed by atoms with Crippen LogP contribution in [-0.2, 0) is 0 Å². The molecule has 0 saturated heterocycles. The molecule has 2 rings (SSSR count). The fourth-order valence-corrected chi connectivity index (χ4v) is 2.51. The molecule has 0 amide bonds. The van der Waals surface area contributed by atoms with E-state index in [1.54, 1.807) is 12.1 Å². The largest absolute Gasteiger partial charge is 0.388 e. The van der Waals surface area contributed by atoms with Gasteiger partial charge in [-0.1, -0.05) is 31.4 Å². The highest BCUT2D eigenvalue weighted by Gasteiger charge is 2.22. The van der Waals surface area contributed by atoms with Crippen LogP contribution in [0.25, 0.3) is 0 Å². The molecule has 16 heavy (non-hydrogen) atoms. The van der Waals surface area contributed by atoms with Crippen molar-refractivity contribution >= 4 is 0 Å². The van der Waals surface area contributed by atoms with E-state index in [9.17, 15) is 5.11 Å². The van der Waals surface area contributed by atoms with Gasteiger partial charge in [-0.3, -0.25) is 0 Å². The van der Waals surface area contributed by atoms with Crippen molar-refractivity contribution in [3.8, 4) is 6.07 Å². The van der Waals surface area contributed by atoms with Gasteiger partial charge in [-0.05, 0) is 36.5 Å². The molecule has 0 aliphatic heterocycles. The Kier molecular flexibility index (Phi) is 3.58. The van der Waals surface area contributed by atoms with Crippen LogP contribution in [0.1, 0.15) is 49.3 Å². The van der Waals surface area contributed by atoms with Crippen LogP contribution in [0.2, 0.25) is 0 Å². The minimum Gasteiger partial charge on any atom is -0.388 e. The molecule has 1 fully saturated rings. The van der Waals surface area contributed by atoms with Gasteiger partial charge in [-0.2, -0.15) is 5.26 Å². The maximum atomic E-state index is 10.3. The van der Waals surface area contributed by atoms with Gasteiger partial charge in [-0.15, -0.1) is 0 Å². The van der Waals surface area contributed by atoms with Gasteiger partial charge in [0.15, 0.2) is 0 Å². The zero-order valence-corrected chi connectivity index (χ0v) is 9.39. The number of nitriles is 1. The SMILES string of the molecule is N#Cc1cccc(C(O)C2CCCCC2)c1. The smallest absolute Gasteiger partial charge is 0.0991 e. The predicted molar refractivity (Wildman–Crippen MR) is 62.7 cm³/mol. The van der Waals surface area contributed by atoms with E-state index in [1.807, 2.05) is 12.1 Å². The molecule has 0 spiro atoms. The summed E-state index contributed by atoms with van der Waals surface area (Å²) in [7, 11) is 0. The Labute approximate surface area is 96.5 Å². The lowest BCUT2D eigenvalue weighted by molar-refractivity contribution is 0.0848. The molecule has 2 heteroatoms. The van der Waals surface area contributed by atoms with E-state index in [0.29, 0.717) is 11.5 Å². The first kappa shape index (κ1) is 11.2. The lowest BCUT2D eigenvalue weighted by Crippen LogP contribution is -2.15. The van der Waals surface area contributed by atoms with E-state index in [2.05, 4.69) is 6.07 Å². The second kappa shape index (κ2) is 5.14. The molecule has 1 saturated carbocycles. The number of rotatable bonds is 2. The highest BCUT2D eigenvalue weighted by atomic mass is 16.3. The van der Waals surface area contributed by atoms with Crippen LogP contribution >= 0.6 is 0 Å². The van der Waals surface area contributed by atoms with Crippen molar-refractivity contribution in [3.05, 3.63) is 35.4 Å². The average molecular weight is 215 g/mol. The highest BCUT2D eigenvalue weighted by Crippen LogP contribution is 2.34. The third-order valence-electron chi connectivity index (χ3n) is 3.45. The van der Waals surface area contributed by atoms with E-state index in [0.717, 1.165) is 18.4 Å². The van der Waals surface area contributed by atoms with Gasteiger partial charge in [0.1, 0.15) is 0 Å². The third kappa shape index (κ3) is 2.43. The molecule has 1 aliphatic carbocycles. The molecule has 1 unspecified atom stereocenters. The summed E-state index contributed by atoms with van der Waals surface area (Å²) in [6.07, 6.45) is 5.56. The monoisotopic (exact) mass is 215 g/mol. The number of hydrogen-bond acceptors (Lipinski definition) is 2. The second-order valence-corrected chi connectivity index (χ2v) is 4.58. The molecule has 0 heterocycles. The normalized spacial score (nSPS) is 19.0. The van der Waals surface area contributed by atoms with Crippen molar-refractivity contribution in [1.82, 2.24) is 0 Å². The molecule has 1 N–H and O–H groups in total. The molecule has 0 radical (unpaired) electrons. The molecule has 1 aromatic carbocycles. The van der Waals surface area contributed by atoms with Crippen LogP contribution in [0.3, 0.4) is 0 Å². The van der Waals surface area contributed by atoms with Crippen molar-refractivity contribution in [1.29, 1.82) is 5.26 Å². The van der Waals surface area contributed by atoms with Gasteiger partial charge in [0, 0.05) is 0 Å². The Morgan fingerprint density at radius 3 is 2.69 bits per heavy atom. The van der Waals surface area contributed by atoms with Crippen LogP contribution in [0, 0.1) is 17.2 Å². The highest BCUT2D eigenvalue weighted by molar-refractivity contribution is 5.33. The molecule has 1 aliphatic rings. The summed E-state index contributed by atoms with van der Waals surface area (Å²) in [4.78, 5) is 0. The Bertz CT molecular complexity index is 388. The number of nitrogens with zero attached hydrogens (tertiary/aromatic N) is 1. The number of aliphatic hydroxyl groups is 1. The fourth-order valence-electron chi connectivity index (χ4n) is 2.51. The molecule has 0 aromatic heterocycles. The molecule has 1 aromatic rings. The maximum Gasteiger partial charge on any atom is 0.0991 e. The lowest BCUT2D eigenvalue weighted by atomic mass is 9.82. The third-order valence-corrected chi connectivity index (χ3v) is 3.45. The minimum absolute atomic E-state index is 0.377. The van der Waals surface area contributed by atoms with Gasteiger partial charge in [0.05, 0.1) is 17.7 Å². The molecule has 2 nitrogen and oxygen atoms in total. The first-order valence-electron chi connectivity index (χ1n) is 5.99. The van der Waals surface area contributed by atoms with Crippen molar-refractivity contribution < 1.29 is 5.11 Å². The van der Waals surface area contributed by atoms with Crippen LogP contribution in [0.4, 0.5) is 0 Å². The second-order valence-electron chi connectivity index (χ2n) is 4.58. The summed E-state index contributed by atoms with van der Waals surface area (Å²) in [5, 5.41) is 19.1. The van der Waals surface area contributed by atoms with E-state index >= 15 is 0 Å². The van der Waals surface area contributed by atoms with Gasteiger partial charge < -0.3 is 5.11 Å². The standard InChI is InChI=1S/C14H17NO/c15-10-11-5-4-8-13(9-11)14(16)12-6-2-1-3-7-12/h4-5,8-9,12,14,16H,1-3,6-7H2. The summed E-state index contributed by atoms with van der Waals surface area (Å²) in [6.45, 7) is 0. The molecule has 84 valence electrons. The Morgan fingerprint density at radius 1 is 1.25 bits per heavy atom. The molecule has 1 atom stereocenters. The van der Waals surface area contributed by atoms with Crippen LogP contribution < -0.4 is 0 Å². The summed E-state index contributed by atoms with van der Waals surface area (Å²) < 4.78 is 0. The first-order valence-corrected chi connectivity index (χ1v) is 5.99. The van der Waals surface area contributed by atoms with Gasteiger partial charge >= 0.3 is 0 Å². The van der Waals surface area contributed by atoms with Crippen molar-refractivity contribution in [2.75, 3.05) is 0 Å². The van der Waals surface area contributed by atoms with Crippen molar-refractivity contribution in [3.63, 3.8) is 0 Å². The zero-order chi connectivity index (χ0) is 11.4. The number of aliphatic hydroxyl groups excluding tert-OH is 1. The van der Waals surface area contributed by atoms with Gasteiger partial charge in [-0.25, -0.2) is 0 Å². The topological polar surface area (TPSA) is 44.0 Å². The lowest BCUT2D eigenvalue weighted by Gasteiger charge is -2.26. The van der Waals surface area contributed by atoms with E-state index in [1.165, 1.54) is 19.3 Å². The quantitative estimate of drug-likeness (QED) is 0.823. The first-order chi connectivity index (χ1) is 7.81. The van der Waals surface area contributed by atoms with Gasteiger partial charge in [0.25, 0.3) is 0 Å². The molecular weight excluding hydrogens is 198 g/mol. The zero-order valence-electron chi connectivity index (χ0n) is 9.39. The summed E-state index contributed by atoms with van der Waals surface area (Å²) in [5.74, 6) is 0.377. The van der Waals surface area contributed by atoms with E-state index in [-0.39, 0.29) is 0 Å². The van der Waals surface area contributed by atoms with Crippen LogP contribution in [-0.4, -0.2) is 5.11 Å². The van der Waals surface area contributed by atoms with Crippen molar-refractivity contribution in [2.24, 2.45) is 5.92 Å². The number of benzene rings is 1. The average Bonchev–Trinajstić information content (AvgIpc) is 2.39. The molecular formula is C14H17NO. The Hall–Kier alpha value is -1.33. The van der Waals surface area contributed by atoms with Crippen molar-refractivity contribution in [2.45, 2.75) is 38.2 Å². The fraction of sp³-hybridized carbons (Fsp3) is 0.500. The van der Waals surface area contributed by atoms with Crippen LogP contribution in [0.5, 0.6) is 0 Å².